The Kier molecular flexibility index (Phi) is 6.52. The van der Waals surface area contributed by atoms with Gasteiger partial charge in [0.15, 0.2) is 11.9 Å². The van der Waals surface area contributed by atoms with Gasteiger partial charge in [0.1, 0.15) is 0 Å². The molecule has 19 heavy (non-hydrogen) atoms. The van der Waals surface area contributed by atoms with E-state index in [0.29, 0.717) is 5.57 Å². The minimum atomic E-state index is -0.882. The molecule has 0 aliphatic heterocycles. The number of likely N-dealkylation sites (N-methyl/N-ethyl adjacent to an activating group) is 1. The largest absolute Gasteiger partial charge is 0.379 e. The fourth-order valence-electron chi connectivity index (χ4n) is 2.70. The summed E-state index contributed by atoms with van der Waals surface area (Å²) >= 11 is 0. The van der Waals surface area contributed by atoms with Crippen molar-refractivity contribution in [2.24, 2.45) is 0 Å². The van der Waals surface area contributed by atoms with Crippen LogP contribution in [0.25, 0.3) is 0 Å². The van der Waals surface area contributed by atoms with E-state index < -0.39 is 6.10 Å². The first kappa shape index (κ1) is 16.2. The molecule has 110 valence electrons. The van der Waals surface area contributed by atoms with Gasteiger partial charge in [-0.2, -0.15) is 0 Å². The van der Waals surface area contributed by atoms with Crippen molar-refractivity contribution in [1.29, 1.82) is 0 Å². The Balaban J connectivity index is 2.34. The highest BCUT2D eigenvalue weighted by Gasteiger charge is 2.36. The number of nitrogens with zero attached hydrogens (tertiary/aromatic N) is 2. The Morgan fingerprint density at radius 2 is 1.68 bits per heavy atom. The molecule has 0 amide bonds. The summed E-state index contributed by atoms with van der Waals surface area (Å²) in [6.45, 7) is 10.5. The summed E-state index contributed by atoms with van der Waals surface area (Å²) in [5.74, 6) is -0.125. The number of ketones is 1. The van der Waals surface area contributed by atoms with Gasteiger partial charge in [0.05, 0.1) is 5.70 Å². The molecule has 1 atom stereocenters. The lowest BCUT2D eigenvalue weighted by Gasteiger charge is -2.34. The van der Waals surface area contributed by atoms with Gasteiger partial charge in [-0.25, -0.2) is 0 Å². The number of aliphatic hydroxyl groups is 1. The molecular weight excluding hydrogens is 240 g/mol. The Morgan fingerprint density at radius 3 is 2.16 bits per heavy atom. The number of carbonyl (C=O) groups is 1. The molecule has 0 heterocycles. The fraction of sp³-hybridized carbons (Fsp3) is 0.800. The van der Waals surface area contributed by atoms with Gasteiger partial charge in [-0.05, 0) is 45.8 Å². The molecule has 0 aromatic carbocycles. The molecule has 0 aromatic heterocycles. The van der Waals surface area contributed by atoms with E-state index in [9.17, 15) is 9.90 Å². The molecule has 0 radical (unpaired) electrons. The number of hydrogen-bond acceptors (Lipinski definition) is 4. The van der Waals surface area contributed by atoms with E-state index >= 15 is 0 Å². The number of hydrogen-bond donors (Lipinski definition) is 1. The van der Waals surface area contributed by atoms with E-state index in [1.54, 1.807) is 6.92 Å². The van der Waals surface area contributed by atoms with Gasteiger partial charge in [-0.1, -0.05) is 13.8 Å². The van der Waals surface area contributed by atoms with Gasteiger partial charge in [-0.3, -0.25) is 4.79 Å². The lowest BCUT2D eigenvalue weighted by molar-refractivity contribution is -0.125. The maximum Gasteiger partial charge on any atom is 0.194 e. The van der Waals surface area contributed by atoms with E-state index in [1.807, 2.05) is 11.9 Å². The second-order valence-electron chi connectivity index (χ2n) is 5.39. The zero-order valence-electron chi connectivity index (χ0n) is 12.8. The Morgan fingerprint density at radius 1 is 1.11 bits per heavy atom. The fourth-order valence-corrected chi connectivity index (χ4v) is 2.70. The zero-order chi connectivity index (χ0) is 14.4. The second-order valence-corrected chi connectivity index (χ2v) is 5.39. The topological polar surface area (TPSA) is 43.8 Å². The summed E-state index contributed by atoms with van der Waals surface area (Å²) < 4.78 is 0. The minimum absolute atomic E-state index is 0.125. The molecule has 0 fully saturated rings. The van der Waals surface area contributed by atoms with Crippen molar-refractivity contribution in [2.45, 2.75) is 46.1 Å². The molecule has 1 N–H and O–H groups in total. The number of rotatable bonds is 9. The smallest absolute Gasteiger partial charge is 0.194 e. The van der Waals surface area contributed by atoms with E-state index in [0.717, 1.165) is 38.3 Å². The van der Waals surface area contributed by atoms with Crippen LogP contribution in [0.2, 0.25) is 0 Å². The summed E-state index contributed by atoms with van der Waals surface area (Å²) in [7, 11) is 1.96. The first-order valence-corrected chi connectivity index (χ1v) is 7.39. The van der Waals surface area contributed by atoms with Gasteiger partial charge < -0.3 is 14.9 Å². The Hall–Kier alpha value is -0.870. The van der Waals surface area contributed by atoms with Crippen LogP contribution < -0.4 is 0 Å². The Labute approximate surface area is 117 Å². The van der Waals surface area contributed by atoms with E-state index in [2.05, 4.69) is 18.7 Å². The van der Waals surface area contributed by atoms with Crippen molar-refractivity contribution in [3.05, 3.63) is 11.3 Å². The summed E-state index contributed by atoms with van der Waals surface area (Å²) in [5.41, 5.74) is 1.52. The van der Waals surface area contributed by atoms with E-state index in [1.165, 1.54) is 12.8 Å². The first-order chi connectivity index (χ1) is 9.02. The molecule has 1 aliphatic carbocycles. The molecule has 4 nitrogen and oxygen atoms in total. The highest BCUT2D eigenvalue weighted by atomic mass is 16.3. The van der Waals surface area contributed by atoms with Crippen LogP contribution in [0.3, 0.4) is 0 Å². The average molecular weight is 268 g/mol. The molecule has 0 spiro atoms. The van der Waals surface area contributed by atoms with Crippen molar-refractivity contribution < 1.29 is 9.90 Å². The lowest BCUT2D eigenvalue weighted by atomic mass is 9.89. The molecule has 0 bridgehead atoms. The van der Waals surface area contributed by atoms with Gasteiger partial charge in [0.2, 0.25) is 0 Å². The number of carbonyl (C=O) groups excluding carboxylic acids is 1. The number of Topliss-reactive ketones (excluding diaryl/α,β-unsaturated/α-hetero) is 1. The third-order valence-electron chi connectivity index (χ3n) is 3.72. The monoisotopic (exact) mass is 268 g/mol. The zero-order valence-corrected chi connectivity index (χ0v) is 12.8. The normalized spacial score (nSPS) is 19.1. The SMILES string of the molecule is CCCN(CCC)CCCN(C)C1=C(C)C(=O)C1O. The van der Waals surface area contributed by atoms with Gasteiger partial charge >= 0.3 is 0 Å². The van der Waals surface area contributed by atoms with Gasteiger partial charge in [0.25, 0.3) is 0 Å². The predicted octanol–water partition coefficient (Wildman–Crippen LogP) is 1.65. The molecule has 1 rings (SSSR count). The van der Waals surface area contributed by atoms with Crippen LogP contribution in [0.15, 0.2) is 11.3 Å². The van der Waals surface area contributed by atoms with E-state index in [-0.39, 0.29) is 5.78 Å². The summed E-state index contributed by atoms with van der Waals surface area (Å²) in [6, 6.07) is 0. The Bertz CT molecular complexity index is 333. The van der Waals surface area contributed by atoms with Crippen LogP contribution in [0.5, 0.6) is 0 Å². The summed E-state index contributed by atoms with van der Waals surface area (Å²) in [5, 5.41) is 9.63. The van der Waals surface area contributed by atoms with Crippen LogP contribution in [0, 0.1) is 0 Å². The van der Waals surface area contributed by atoms with Gasteiger partial charge in [0, 0.05) is 19.2 Å². The second kappa shape index (κ2) is 7.65. The molecule has 1 aliphatic rings. The van der Waals surface area contributed by atoms with Crippen molar-refractivity contribution in [3.63, 3.8) is 0 Å². The maximum absolute atomic E-state index is 11.3. The highest BCUT2D eigenvalue weighted by Crippen LogP contribution is 2.26. The molecule has 4 heteroatoms. The van der Waals surface area contributed by atoms with E-state index in [4.69, 9.17) is 0 Å². The van der Waals surface area contributed by atoms with Gasteiger partial charge in [-0.15, -0.1) is 0 Å². The molecule has 0 aromatic rings. The predicted molar refractivity (Wildman–Crippen MR) is 78.0 cm³/mol. The van der Waals surface area contributed by atoms with Crippen molar-refractivity contribution in [1.82, 2.24) is 9.80 Å². The van der Waals surface area contributed by atoms with Crippen LogP contribution in [0.4, 0.5) is 0 Å². The third-order valence-corrected chi connectivity index (χ3v) is 3.72. The maximum atomic E-state index is 11.3. The van der Waals surface area contributed by atoms with Crippen LogP contribution in [-0.2, 0) is 4.79 Å². The minimum Gasteiger partial charge on any atom is -0.379 e. The van der Waals surface area contributed by atoms with Crippen LogP contribution in [-0.4, -0.2) is 60.0 Å². The molecule has 0 saturated heterocycles. The quantitative estimate of drug-likeness (QED) is 0.690. The first-order valence-electron chi connectivity index (χ1n) is 7.39. The summed E-state index contributed by atoms with van der Waals surface area (Å²) in [4.78, 5) is 15.8. The molecule has 0 saturated carbocycles. The van der Waals surface area contributed by atoms with Crippen LogP contribution >= 0.6 is 0 Å². The third kappa shape index (κ3) is 4.05. The molecular formula is C15H28N2O2. The standard InChI is InChI=1S/C15H28N2O2/c1-5-8-17(9-6-2)11-7-10-16(4)13-12(3)14(18)15(13)19/h15,19H,5-11H2,1-4H3. The highest BCUT2D eigenvalue weighted by molar-refractivity contribution is 6.07. The number of aliphatic hydroxyl groups excluding tert-OH is 1. The molecule has 1 unspecified atom stereocenters. The van der Waals surface area contributed by atoms with Crippen molar-refractivity contribution in [3.8, 4) is 0 Å². The van der Waals surface area contributed by atoms with Crippen molar-refractivity contribution in [2.75, 3.05) is 33.2 Å². The summed E-state index contributed by atoms with van der Waals surface area (Å²) in [6.07, 6.45) is 2.56. The van der Waals surface area contributed by atoms with Crippen molar-refractivity contribution >= 4 is 5.78 Å². The average Bonchev–Trinajstić information content (AvgIpc) is 2.39. The van der Waals surface area contributed by atoms with Crippen LogP contribution in [0.1, 0.15) is 40.0 Å². The lowest BCUT2D eigenvalue weighted by Crippen LogP contribution is -2.43.